The summed E-state index contributed by atoms with van der Waals surface area (Å²) in [5, 5.41) is 2.82. The third-order valence-corrected chi connectivity index (χ3v) is 4.06. The standard InChI is InChI=1S/C15H28N2O2/c1-6-11(4)13-14(18)17(15(19)16-13)12(5)9-7-8-10(2)3/h10-13H,6-9H2,1-5H3,(H,16,19)/t11-,12-,13+/m0/s1. The molecule has 0 aliphatic carbocycles. The molecule has 1 heterocycles. The first-order valence-electron chi connectivity index (χ1n) is 7.52. The summed E-state index contributed by atoms with van der Waals surface area (Å²) >= 11 is 0. The first kappa shape index (κ1) is 16.0. The summed E-state index contributed by atoms with van der Waals surface area (Å²) in [6.45, 7) is 10.4. The number of carbonyl (C=O) groups excluding carboxylic acids is 2. The summed E-state index contributed by atoms with van der Waals surface area (Å²) in [6.07, 6.45) is 3.99. The van der Waals surface area contributed by atoms with Gasteiger partial charge in [0.1, 0.15) is 6.04 Å². The van der Waals surface area contributed by atoms with Gasteiger partial charge in [0.2, 0.25) is 0 Å². The van der Waals surface area contributed by atoms with Crippen LogP contribution in [0.3, 0.4) is 0 Å². The van der Waals surface area contributed by atoms with Gasteiger partial charge in [0.05, 0.1) is 0 Å². The molecule has 1 fully saturated rings. The maximum atomic E-state index is 12.3. The van der Waals surface area contributed by atoms with Gasteiger partial charge >= 0.3 is 6.03 Å². The van der Waals surface area contributed by atoms with Crippen molar-refractivity contribution < 1.29 is 9.59 Å². The Morgan fingerprint density at radius 3 is 2.32 bits per heavy atom. The lowest BCUT2D eigenvalue weighted by Gasteiger charge is -2.22. The normalized spacial score (nSPS) is 22.8. The van der Waals surface area contributed by atoms with Crippen LogP contribution in [0, 0.1) is 11.8 Å². The Balaban J connectivity index is 2.57. The van der Waals surface area contributed by atoms with Crippen LogP contribution in [0.2, 0.25) is 0 Å². The molecule has 0 spiro atoms. The molecular weight excluding hydrogens is 240 g/mol. The highest BCUT2D eigenvalue weighted by molar-refractivity contribution is 6.04. The lowest BCUT2D eigenvalue weighted by molar-refractivity contribution is -0.129. The molecule has 19 heavy (non-hydrogen) atoms. The van der Waals surface area contributed by atoms with E-state index in [1.165, 1.54) is 4.90 Å². The van der Waals surface area contributed by atoms with Crippen molar-refractivity contribution >= 4 is 11.9 Å². The second kappa shape index (κ2) is 6.92. The Kier molecular flexibility index (Phi) is 5.83. The third kappa shape index (κ3) is 3.95. The number of carbonyl (C=O) groups is 2. The molecule has 0 radical (unpaired) electrons. The molecule has 3 atom stereocenters. The average molecular weight is 268 g/mol. The van der Waals surface area contributed by atoms with Crippen LogP contribution in [-0.4, -0.2) is 28.9 Å². The predicted octanol–water partition coefficient (Wildman–Crippen LogP) is 3.17. The third-order valence-electron chi connectivity index (χ3n) is 4.06. The summed E-state index contributed by atoms with van der Waals surface area (Å²) < 4.78 is 0. The zero-order valence-electron chi connectivity index (χ0n) is 12.9. The number of hydrogen-bond donors (Lipinski definition) is 1. The number of imide groups is 1. The van der Waals surface area contributed by atoms with Crippen LogP contribution < -0.4 is 5.32 Å². The zero-order chi connectivity index (χ0) is 14.6. The minimum absolute atomic E-state index is 0.000283. The quantitative estimate of drug-likeness (QED) is 0.721. The summed E-state index contributed by atoms with van der Waals surface area (Å²) in [7, 11) is 0. The molecule has 0 unspecified atom stereocenters. The van der Waals surface area contributed by atoms with Crippen LogP contribution in [0.15, 0.2) is 0 Å². The molecule has 0 saturated carbocycles. The fourth-order valence-electron chi connectivity index (χ4n) is 2.50. The minimum atomic E-state index is -0.329. The van der Waals surface area contributed by atoms with E-state index in [1.54, 1.807) is 0 Å². The van der Waals surface area contributed by atoms with Gasteiger partial charge in [-0.1, -0.05) is 47.0 Å². The number of nitrogens with zero attached hydrogens (tertiary/aromatic N) is 1. The van der Waals surface area contributed by atoms with E-state index >= 15 is 0 Å². The lowest BCUT2D eigenvalue weighted by Crippen LogP contribution is -2.40. The number of rotatable bonds is 7. The summed E-state index contributed by atoms with van der Waals surface area (Å²) in [6, 6.07) is -0.544. The summed E-state index contributed by atoms with van der Waals surface area (Å²) in [5.41, 5.74) is 0. The van der Waals surface area contributed by atoms with Crippen molar-refractivity contribution in [1.82, 2.24) is 10.2 Å². The van der Waals surface area contributed by atoms with E-state index in [9.17, 15) is 9.59 Å². The molecule has 1 rings (SSSR count). The molecule has 0 aromatic heterocycles. The van der Waals surface area contributed by atoms with Crippen LogP contribution in [0.1, 0.15) is 60.3 Å². The number of urea groups is 1. The molecule has 1 N–H and O–H groups in total. The topological polar surface area (TPSA) is 49.4 Å². The first-order chi connectivity index (χ1) is 8.88. The lowest BCUT2D eigenvalue weighted by atomic mass is 9.98. The molecule has 110 valence electrons. The Bertz CT molecular complexity index is 328. The molecule has 0 aromatic carbocycles. The Morgan fingerprint density at radius 1 is 1.16 bits per heavy atom. The van der Waals surface area contributed by atoms with E-state index in [1.807, 2.05) is 20.8 Å². The summed E-state index contributed by atoms with van der Waals surface area (Å²) in [5.74, 6) is 0.823. The molecular formula is C15H28N2O2. The minimum Gasteiger partial charge on any atom is -0.326 e. The van der Waals surface area contributed by atoms with Crippen molar-refractivity contribution in [2.45, 2.75) is 72.4 Å². The molecule has 0 aromatic rings. The van der Waals surface area contributed by atoms with Crippen molar-refractivity contribution in [3.05, 3.63) is 0 Å². The van der Waals surface area contributed by atoms with Crippen LogP contribution in [0.4, 0.5) is 4.79 Å². The van der Waals surface area contributed by atoms with Crippen molar-refractivity contribution in [1.29, 1.82) is 0 Å². The maximum Gasteiger partial charge on any atom is 0.325 e. The largest absolute Gasteiger partial charge is 0.326 e. The predicted molar refractivity (Wildman–Crippen MR) is 76.8 cm³/mol. The molecule has 1 aliphatic heterocycles. The van der Waals surface area contributed by atoms with Crippen molar-refractivity contribution in [3.8, 4) is 0 Å². The van der Waals surface area contributed by atoms with Crippen LogP contribution in [0.25, 0.3) is 0 Å². The van der Waals surface area contributed by atoms with Crippen LogP contribution >= 0.6 is 0 Å². The van der Waals surface area contributed by atoms with Gasteiger partial charge in [0, 0.05) is 6.04 Å². The zero-order valence-corrected chi connectivity index (χ0v) is 12.9. The number of nitrogens with one attached hydrogen (secondary N) is 1. The van der Waals surface area contributed by atoms with Crippen LogP contribution in [-0.2, 0) is 4.79 Å². The van der Waals surface area contributed by atoms with Gasteiger partial charge in [-0.3, -0.25) is 9.69 Å². The van der Waals surface area contributed by atoms with Gasteiger partial charge in [-0.2, -0.15) is 0 Å². The fraction of sp³-hybridized carbons (Fsp3) is 0.867. The van der Waals surface area contributed by atoms with Crippen LogP contribution in [0.5, 0.6) is 0 Å². The summed E-state index contributed by atoms with van der Waals surface area (Å²) in [4.78, 5) is 25.7. The highest BCUT2D eigenvalue weighted by atomic mass is 16.2. The van der Waals surface area contributed by atoms with Gasteiger partial charge in [-0.15, -0.1) is 0 Å². The Hall–Kier alpha value is -1.06. The number of amides is 3. The average Bonchev–Trinajstić information content (AvgIpc) is 2.63. The van der Waals surface area contributed by atoms with Gasteiger partial charge in [0.15, 0.2) is 0 Å². The van der Waals surface area contributed by atoms with Crippen molar-refractivity contribution in [3.63, 3.8) is 0 Å². The molecule has 3 amide bonds. The van der Waals surface area contributed by atoms with E-state index in [4.69, 9.17) is 0 Å². The highest BCUT2D eigenvalue weighted by Gasteiger charge is 2.42. The SMILES string of the molecule is CC[C@H](C)[C@H]1NC(=O)N([C@@H](C)CCCC(C)C)C1=O. The van der Waals surface area contributed by atoms with E-state index in [0.717, 1.165) is 25.7 Å². The van der Waals surface area contributed by atoms with Gasteiger partial charge in [-0.25, -0.2) is 4.79 Å². The van der Waals surface area contributed by atoms with E-state index < -0.39 is 0 Å². The van der Waals surface area contributed by atoms with Gasteiger partial charge in [0.25, 0.3) is 5.91 Å². The molecule has 1 aliphatic rings. The Morgan fingerprint density at radius 2 is 1.79 bits per heavy atom. The second-order valence-corrected chi connectivity index (χ2v) is 6.19. The highest BCUT2D eigenvalue weighted by Crippen LogP contribution is 2.21. The Labute approximate surface area is 116 Å². The fourth-order valence-corrected chi connectivity index (χ4v) is 2.50. The van der Waals surface area contributed by atoms with E-state index in [2.05, 4.69) is 19.2 Å². The molecule has 4 heteroatoms. The molecule has 1 saturated heterocycles. The second-order valence-electron chi connectivity index (χ2n) is 6.19. The van der Waals surface area contributed by atoms with E-state index in [0.29, 0.717) is 5.92 Å². The number of hydrogen-bond acceptors (Lipinski definition) is 2. The smallest absolute Gasteiger partial charge is 0.325 e. The monoisotopic (exact) mass is 268 g/mol. The molecule has 4 nitrogen and oxygen atoms in total. The van der Waals surface area contributed by atoms with Crippen molar-refractivity contribution in [2.75, 3.05) is 0 Å². The maximum absolute atomic E-state index is 12.3. The van der Waals surface area contributed by atoms with E-state index in [-0.39, 0.29) is 29.9 Å². The van der Waals surface area contributed by atoms with Gasteiger partial charge < -0.3 is 5.32 Å². The van der Waals surface area contributed by atoms with Gasteiger partial charge in [-0.05, 0) is 25.2 Å². The first-order valence-corrected chi connectivity index (χ1v) is 7.52. The molecule has 0 bridgehead atoms. The van der Waals surface area contributed by atoms with Crippen molar-refractivity contribution in [2.24, 2.45) is 11.8 Å².